The van der Waals surface area contributed by atoms with Gasteiger partial charge in [-0.25, -0.2) is 0 Å². The number of anilines is 1. The molecule has 0 fully saturated rings. The van der Waals surface area contributed by atoms with Crippen LogP contribution in [0.2, 0.25) is 0 Å². The van der Waals surface area contributed by atoms with Crippen molar-refractivity contribution in [1.82, 2.24) is 10.5 Å². The van der Waals surface area contributed by atoms with Crippen molar-refractivity contribution in [2.75, 3.05) is 11.1 Å². The van der Waals surface area contributed by atoms with Gasteiger partial charge in [-0.15, -0.1) is 11.8 Å². The van der Waals surface area contributed by atoms with Gasteiger partial charge in [0.25, 0.3) is 0 Å². The molecule has 0 aliphatic carbocycles. The number of nitrogens with zero attached hydrogens (tertiary/aromatic N) is 1. The van der Waals surface area contributed by atoms with Crippen LogP contribution in [-0.2, 0) is 9.59 Å². The minimum atomic E-state index is -0.412. The monoisotopic (exact) mass is 409 g/mol. The molecular formula is C22H23N3O3S. The maximum atomic E-state index is 12.6. The van der Waals surface area contributed by atoms with Crippen molar-refractivity contribution in [1.29, 1.82) is 0 Å². The number of aromatic nitrogens is 1. The highest BCUT2D eigenvalue weighted by atomic mass is 32.2. The summed E-state index contributed by atoms with van der Waals surface area (Å²) in [4.78, 5) is 24.9. The zero-order valence-corrected chi connectivity index (χ0v) is 17.1. The number of carbonyl (C=O) groups excluding carboxylic acids is 2. The third-order valence-electron chi connectivity index (χ3n) is 4.28. The number of benzene rings is 2. The van der Waals surface area contributed by atoms with Crippen LogP contribution >= 0.6 is 11.8 Å². The average Bonchev–Trinajstić information content (AvgIpc) is 3.16. The molecule has 1 atom stereocenters. The summed E-state index contributed by atoms with van der Waals surface area (Å²) >= 11 is 1.27. The maximum Gasteiger partial charge on any atom is 0.238 e. The summed E-state index contributed by atoms with van der Waals surface area (Å²) in [7, 11) is 0. The van der Waals surface area contributed by atoms with E-state index in [9.17, 15) is 9.59 Å². The lowest BCUT2D eigenvalue weighted by Crippen LogP contribution is -2.32. The Morgan fingerprint density at radius 2 is 1.62 bits per heavy atom. The maximum absolute atomic E-state index is 12.6. The van der Waals surface area contributed by atoms with E-state index in [1.54, 1.807) is 19.9 Å². The molecule has 0 unspecified atom stereocenters. The summed E-state index contributed by atoms with van der Waals surface area (Å²) in [6.07, 6.45) is 0. The van der Waals surface area contributed by atoms with Crippen LogP contribution < -0.4 is 10.6 Å². The highest BCUT2D eigenvalue weighted by Gasteiger charge is 2.20. The first-order valence-corrected chi connectivity index (χ1v) is 10.3. The van der Waals surface area contributed by atoms with E-state index in [0.29, 0.717) is 11.6 Å². The van der Waals surface area contributed by atoms with Gasteiger partial charge in [-0.3, -0.25) is 9.59 Å². The molecule has 0 aliphatic rings. The molecule has 0 radical (unpaired) electrons. The van der Waals surface area contributed by atoms with E-state index < -0.39 is 5.25 Å². The van der Waals surface area contributed by atoms with Gasteiger partial charge in [0, 0.05) is 6.07 Å². The van der Waals surface area contributed by atoms with Gasteiger partial charge in [-0.2, -0.15) is 0 Å². The molecule has 150 valence electrons. The van der Waals surface area contributed by atoms with Gasteiger partial charge >= 0.3 is 0 Å². The lowest BCUT2D eigenvalue weighted by Gasteiger charge is -2.20. The zero-order valence-electron chi connectivity index (χ0n) is 16.3. The van der Waals surface area contributed by atoms with Gasteiger partial charge in [-0.05, 0) is 25.0 Å². The van der Waals surface area contributed by atoms with Crippen molar-refractivity contribution in [2.24, 2.45) is 0 Å². The van der Waals surface area contributed by atoms with Crippen LogP contribution in [0.15, 0.2) is 71.3 Å². The van der Waals surface area contributed by atoms with Crippen molar-refractivity contribution < 1.29 is 14.1 Å². The van der Waals surface area contributed by atoms with Crippen LogP contribution in [0.5, 0.6) is 0 Å². The average molecular weight is 410 g/mol. The van der Waals surface area contributed by atoms with Gasteiger partial charge in [-0.1, -0.05) is 65.8 Å². The Morgan fingerprint density at radius 3 is 2.14 bits per heavy atom. The van der Waals surface area contributed by atoms with E-state index in [-0.39, 0.29) is 23.6 Å². The molecule has 2 amide bonds. The Labute approximate surface area is 174 Å². The first kappa shape index (κ1) is 20.7. The van der Waals surface area contributed by atoms with Gasteiger partial charge in [0.05, 0.1) is 17.0 Å². The van der Waals surface area contributed by atoms with Crippen LogP contribution in [0, 0.1) is 6.92 Å². The van der Waals surface area contributed by atoms with Crippen LogP contribution in [0.1, 0.15) is 29.9 Å². The van der Waals surface area contributed by atoms with E-state index in [1.165, 1.54) is 11.8 Å². The molecule has 1 aromatic heterocycles. The molecule has 29 heavy (non-hydrogen) atoms. The summed E-state index contributed by atoms with van der Waals surface area (Å²) in [5.74, 6) is 0.802. The van der Waals surface area contributed by atoms with Gasteiger partial charge in [0.1, 0.15) is 5.76 Å². The van der Waals surface area contributed by atoms with Crippen molar-refractivity contribution in [3.05, 3.63) is 83.6 Å². The second-order valence-electron chi connectivity index (χ2n) is 6.59. The predicted molar refractivity (Wildman–Crippen MR) is 115 cm³/mol. The van der Waals surface area contributed by atoms with E-state index in [4.69, 9.17) is 4.52 Å². The Bertz CT molecular complexity index is 905. The third-order valence-corrected chi connectivity index (χ3v) is 5.43. The standard InChI is InChI=1S/C22H23N3O3S/c1-15-13-19(25-28-15)23-22(27)16(2)29-14-20(26)24-21(17-9-5-3-6-10-17)18-11-7-4-8-12-18/h3-13,16,21H,14H2,1-2H3,(H,24,26)(H,23,25,27)/t16-/m0/s1. The van der Waals surface area contributed by atoms with E-state index in [2.05, 4.69) is 15.8 Å². The first-order chi connectivity index (χ1) is 14.0. The van der Waals surface area contributed by atoms with Crippen LogP contribution in [0.4, 0.5) is 5.82 Å². The minimum Gasteiger partial charge on any atom is -0.360 e. The molecule has 3 aromatic rings. The fraction of sp³-hybridized carbons (Fsp3) is 0.227. The molecule has 3 rings (SSSR count). The van der Waals surface area contributed by atoms with E-state index in [1.807, 2.05) is 60.7 Å². The topological polar surface area (TPSA) is 84.2 Å². The molecule has 2 aromatic carbocycles. The number of nitrogens with one attached hydrogen (secondary N) is 2. The van der Waals surface area contributed by atoms with Gasteiger partial charge < -0.3 is 15.2 Å². The third kappa shape index (κ3) is 5.96. The number of carbonyl (C=O) groups is 2. The molecule has 1 heterocycles. The molecule has 0 saturated carbocycles. The Kier molecular flexibility index (Phi) is 7.08. The Hall–Kier alpha value is -3.06. The summed E-state index contributed by atoms with van der Waals surface area (Å²) < 4.78 is 4.94. The highest BCUT2D eigenvalue weighted by Crippen LogP contribution is 2.22. The fourth-order valence-corrected chi connectivity index (χ4v) is 3.48. The molecule has 0 saturated heterocycles. The van der Waals surface area contributed by atoms with E-state index in [0.717, 1.165) is 11.1 Å². The Morgan fingerprint density at radius 1 is 1.03 bits per heavy atom. The molecule has 7 heteroatoms. The number of amides is 2. The number of hydrogen-bond acceptors (Lipinski definition) is 5. The highest BCUT2D eigenvalue weighted by molar-refractivity contribution is 8.01. The predicted octanol–water partition coefficient (Wildman–Crippen LogP) is 3.95. The largest absolute Gasteiger partial charge is 0.360 e. The fourth-order valence-electron chi connectivity index (χ4n) is 2.78. The van der Waals surface area contributed by atoms with Gasteiger partial charge in [0.15, 0.2) is 5.82 Å². The van der Waals surface area contributed by atoms with Crippen molar-refractivity contribution in [2.45, 2.75) is 25.1 Å². The summed E-state index contributed by atoms with van der Waals surface area (Å²) in [5, 5.41) is 9.09. The van der Waals surface area contributed by atoms with Crippen LogP contribution in [0.3, 0.4) is 0 Å². The number of aryl methyl sites for hydroxylation is 1. The number of rotatable bonds is 8. The summed E-state index contributed by atoms with van der Waals surface area (Å²) in [6.45, 7) is 3.51. The lowest BCUT2D eigenvalue weighted by molar-refractivity contribution is -0.119. The first-order valence-electron chi connectivity index (χ1n) is 9.28. The van der Waals surface area contributed by atoms with Crippen molar-refractivity contribution >= 4 is 29.4 Å². The number of thioether (sulfide) groups is 1. The van der Waals surface area contributed by atoms with Crippen LogP contribution in [-0.4, -0.2) is 28.0 Å². The second-order valence-corrected chi connectivity index (χ2v) is 7.92. The quantitative estimate of drug-likeness (QED) is 0.589. The molecule has 2 N–H and O–H groups in total. The molecule has 0 spiro atoms. The summed E-state index contributed by atoms with van der Waals surface area (Å²) in [6, 6.07) is 21.0. The molecular weight excluding hydrogens is 386 g/mol. The number of hydrogen-bond donors (Lipinski definition) is 2. The van der Waals surface area contributed by atoms with Crippen molar-refractivity contribution in [3.63, 3.8) is 0 Å². The van der Waals surface area contributed by atoms with Crippen LogP contribution in [0.25, 0.3) is 0 Å². The van der Waals surface area contributed by atoms with E-state index >= 15 is 0 Å². The SMILES string of the molecule is Cc1cc(NC(=O)[C@H](C)SCC(=O)NC(c2ccccc2)c2ccccc2)no1. The van der Waals surface area contributed by atoms with Gasteiger partial charge in [0.2, 0.25) is 11.8 Å². The molecule has 6 nitrogen and oxygen atoms in total. The second kappa shape index (κ2) is 9.93. The lowest BCUT2D eigenvalue weighted by atomic mass is 9.99. The van der Waals surface area contributed by atoms with Crippen molar-refractivity contribution in [3.8, 4) is 0 Å². The molecule has 0 aliphatic heterocycles. The molecule has 0 bridgehead atoms. The normalized spacial score (nSPS) is 11.8. The summed E-state index contributed by atoms with van der Waals surface area (Å²) in [5.41, 5.74) is 2.01. The minimum absolute atomic E-state index is 0.135. The smallest absolute Gasteiger partial charge is 0.238 e. The Balaban J connectivity index is 1.58. The zero-order chi connectivity index (χ0) is 20.6.